The summed E-state index contributed by atoms with van der Waals surface area (Å²) in [6.07, 6.45) is 0.888. The molecule has 0 saturated heterocycles. The quantitative estimate of drug-likeness (QED) is 0.796. The molecule has 0 atom stereocenters. The van der Waals surface area contributed by atoms with E-state index < -0.39 is 10.0 Å². The Morgan fingerprint density at radius 2 is 1.72 bits per heavy atom. The molecule has 18 heavy (non-hydrogen) atoms. The lowest BCUT2D eigenvalue weighted by molar-refractivity contribution is 0.393. The first-order valence-electron chi connectivity index (χ1n) is 6.44. The molecule has 0 spiro atoms. The van der Waals surface area contributed by atoms with E-state index >= 15 is 0 Å². The summed E-state index contributed by atoms with van der Waals surface area (Å²) in [7, 11) is -3.33. The first-order chi connectivity index (χ1) is 8.37. The third-order valence-electron chi connectivity index (χ3n) is 2.97. The highest BCUT2D eigenvalue weighted by Gasteiger charge is 2.22. The second-order valence-electron chi connectivity index (χ2n) is 4.99. The summed E-state index contributed by atoms with van der Waals surface area (Å²) in [6.45, 7) is 9.14. The molecule has 1 aromatic carbocycles. The predicted molar refractivity (Wildman–Crippen MR) is 75.1 cm³/mol. The van der Waals surface area contributed by atoms with Gasteiger partial charge >= 0.3 is 0 Å². The van der Waals surface area contributed by atoms with Crippen LogP contribution in [0.2, 0.25) is 0 Å². The van der Waals surface area contributed by atoms with Crippen molar-refractivity contribution in [2.24, 2.45) is 5.92 Å². The van der Waals surface area contributed by atoms with Crippen LogP contribution < -0.4 is 0 Å². The largest absolute Gasteiger partial charge is 0.243 e. The van der Waals surface area contributed by atoms with Gasteiger partial charge in [-0.2, -0.15) is 4.31 Å². The first kappa shape index (κ1) is 15.2. The maximum atomic E-state index is 12.4. The molecule has 0 aliphatic rings. The van der Waals surface area contributed by atoms with Crippen LogP contribution in [0.5, 0.6) is 0 Å². The van der Waals surface area contributed by atoms with Crippen molar-refractivity contribution >= 4 is 10.0 Å². The summed E-state index contributed by atoms with van der Waals surface area (Å²) in [4.78, 5) is 0.388. The van der Waals surface area contributed by atoms with E-state index in [1.165, 1.54) is 0 Å². The number of sulfonamides is 1. The molecule has 0 fully saturated rings. The van der Waals surface area contributed by atoms with Gasteiger partial charge in [0.25, 0.3) is 0 Å². The Balaban J connectivity index is 2.92. The van der Waals surface area contributed by atoms with Crippen LogP contribution in [-0.2, 0) is 10.0 Å². The fourth-order valence-electron chi connectivity index (χ4n) is 1.71. The van der Waals surface area contributed by atoms with Gasteiger partial charge in [0.15, 0.2) is 0 Å². The molecule has 4 heteroatoms. The van der Waals surface area contributed by atoms with Crippen molar-refractivity contribution in [3.05, 3.63) is 29.8 Å². The lowest BCUT2D eigenvalue weighted by atomic mass is 10.1. The summed E-state index contributed by atoms with van der Waals surface area (Å²) in [5.41, 5.74) is 1.07. The van der Waals surface area contributed by atoms with E-state index in [0.717, 1.165) is 12.0 Å². The third kappa shape index (κ3) is 3.82. The van der Waals surface area contributed by atoms with Gasteiger partial charge in [-0.25, -0.2) is 8.42 Å². The topological polar surface area (TPSA) is 37.4 Å². The highest BCUT2D eigenvalue weighted by atomic mass is 32.2. The van der Waals surface area contributed by atoms with Crippen molar-refractivity contribution in [3.63, 3.8) is 0 Å². The first-order valence-corrected chi connectivity index (χ1v) is 7.88. The van der Waals surface area contributed by atoms with E-state index in [1.54, 1.807) is 16.4 Å². The maximum absolute atomic E-state index is 12.4. The Labute approximate surface area is 111 Å². The van der Waals surface area contributed by atoms with Gasteiger partial charge in [-0.05, 0) is 31.4 Å². The monoisotopic (exact) mass is 269 g/mol. The van der Waals surface area contributed by atoms with Gasteiger partial charge in [-0.1, -0.05) is 38.5 Å². The number of rotatable bonds is 6. The molecule has 1 aromatic rings. The summed E-state index contributed by atoms with van der Waals surface area (Å²) < 4.78 is 26.4. The molecule has 3 nitrogen and oxygen atoms in total. The fourth-order valence-corrected chi connectivity index (χ4v) is 3.17. The summed E-state index contributed by atoms with van der Waals surface area (Å²) in [5.74, 6) is 0.507. The fraction of sp³-hybridized carbons (Fsp3) is 0.571. The molecule has 0 aliphatic heterocycles. The van der Waals surface area contributed by atoms with E-state index in [0.29, 0.717) is 23.9 Å². The van der Waals surface area contributed by atoms with Gasteiger partial charge in [0.05, 0.1) is 4.90 Å². The summed E-state index contributed by atoms with van der Waals surface area (Å²) in [5, 5.41) is 0. The highest BCUT2D eigenvalue weighted by molar-refractivity contribution is 7.89. The normalized spacial score (nSPS) is 12.3. The Bertz CT molecular complexity index is 463. The standard InChI is InChI=1S/C14H23NO2S/c1-5-15(11-10-12(2)3)18(16,17)14-8-6-13(4)7-9-14/h6-9,12H,5,10-11H2,1-4H3. The van der Waals surface area contributed by atoms with Crippen LogP contribution in [0, 0.1) is 12.8 Å². The summed E-state index contributed by atoms with van der Waals surface area (Å²) in [6, 6.07) is 7.04. The van der Waals surface area contributed by atoms with Gasteiger partial charge in [-0.3, -0.25) is 0 Å². The van der Waals surface area contributed by atoms with Crippen LogP contribution in [0.3, 0.4) is 0 Å². The highest BCUT2D eigenvalue weighted by Crippen LogP contribution is 2.17. The van der Waals surface area contributed by atoms with Crippen LogP contribution in [-0.4, -0.2) is 25.8 Å². The van der Waals surface area contributed by atoms with Crippen molar-refractivity contribution in [2.75, 3.05) is 13.1 Å². The van der Waals surface area contributed by atoms with Gasteiger partial charge < -0.3 is 0 Å². The molecule has 0 aliphatic carbocycles. The second-order valence-corrected chi connectivity index (χ2v) is 6.93. The number of hydrogen-bond acceptors (Lipinski definition) is 2. The lowest BCUT2D eigenvalue weighted by Gasteiger charge is -2.21. The number of aryl methyl sites for hydroxylation is 1. The number of hydrogen-bond donors (Lipinski definition) is 0. The molecule has 102 valence electrons. The SMILES string of the molecule is CCN(CCC(C)C)S(=O)(=O)c1ccc(C)cc1. The van der Waals surface area contributed by atoms with Crippen LogP contribution in [0.25, 0.3) is 0 Å². The van der Waals surface area contributed by atoms with E-state index in [2.05, 4.69) is 13.8 Å². The van der Waals surface area contributed by atoms with Crippen molar-refractivity contribution in [1.29, 1.82) is 0 Å². The molecule has 0 heterocycles. The zero-order valence-corrected chi connectivity index (χ0v) is 12.5. The second kappa shape index (κ2) is 6.34. The molecular weight excluding hydrogens is 246 g/mol. The molecule has 0 bridgehead atoms. The van der Waals surface area contributed by atoms with Gasteiger partial charge in [0, 0.05) is 13.1 Å². The minimum Gasteiger partial charge on any atom is -0.207 e. The maximum Gasteiger partial charge on any atom is 0.243 e. The van der Waals surface area contributed by atoms with Crippen LogP contribution in [0.1, 0.15) is 32.8 Å². The van der Waals surface area contributed by atoms with Crippen LogP contribution >= 0.6 is 0 Å². The third-order valence-corrected chi connectivity index (χ3v) is 4.96. The molecule has 0 radical (unpaired) electrons. The van der Waals surface area contributed by atoms with Crippen molar-refractivity contribution < 1.29 is 8.42 Å². The zero-order valence-electron chi connectivity index (χ0n) is 11.7. The average Bonchev–Trinajstić information content (AvgIpc) is 2.29. The molecule has 0 amide bonds. The van der Waals surface area contributed by atoms with E-state index in [1.807, 2.05) is 26.0 Å². The molecule has 0 unspecified atom stereocenters. The molecule has 0 N–H and O–H groups in total. The molecular formula is C14H23NO2S. The minimum absolute atomic E-state index is 0.388. The number of benzene rings is 1. The Hall–Kier alpha value is -0.870. The van der Waals surface area contributed by atoms with E-state index in [4.69, 9.17) is 0 Å². The van der Waals surface area contributed by atoms with Crippen molar-refractivity contribution in [2.45, 2.75) is 39.0 Å². The molecule has 0 saturated carbocycles. The molecule has 0 aromatic heterocycles. The van der Waals surface area contributed by atoms with Gasteiger partial charge in [0.1, 0.15) is 0 Å². The van der Waals surface area contributed by atoms with Crippen LogP contribution in [0.15, 0.2) is 29.2 Å². The molecule has 1 rings (SSSR count). The van der Waals surface area contributed by atoms with E-state index in [9.17, 15) is 8.42 Å². The van der Waals surface area contributed by atoms with Gasteiger partial charge in [-0.15, -0.1) is 0 Å². The lowest BCUT2D eigenvalue weighted by Crippen LogP contribution is -2.32. The Kier molecular flexibility index (Phi) is 5.35. The predicted octanol–water partition coefficient (Wildman–Crippen LogP) is 3.05. The minimum atomic E-state index is -3.33. The van der Waals surface area contributed by atoms with Crippen molar-refractivity contribution in [1.82, 2.24) is 4.31 Å². The van der Waals surface area contributed by atoms with Crippen molar-refractivity contribution in [3.8, 4) is 0 Å². The van der Waals surface area contributed by atoms with E-state index in [-0.39, 0.29) is 0 Å². The Morgan fingerprint density at radius 1 is 1.17 bits per heavy atom. The van der Waals surface area contributed by atoms with Gasteiger partial charge in [0.2, 0.25) is 10.0 Å². The Morgan fingerprint density at radius 3 is 2.17 bits per heavy atom. The number of nitrogens with zero attached hydrogens (tertiary/aromatic N) is 1. The average molecular weight is 269 g/mol. The smallest absolute Gasteiger partial charge is 0.207 e. The van der Waals surface area contributed by atoms with Crippen LogP contribution in [0.4, 0.5) is 0 Å². The zero-order chi connectivity index (χ0) is 13.8. The summed E-state index contributed by atoms with van der Waals surface area (Å²) >= 11 is 0.